The standard InChI is InChI=1S/C10H11NO/c11-5-8-4-7-2-1-3-9(8)10(7)6-12/h1,3,6-10H,2,4H2. The van der Waals surface area contributed by atoms with Crippen LogP contribution >= 0.6 is 0 Å². The van der Waals surface area contributed by atoms with Crippen LogP contribution in [0.25, 0.3) is 0 Å². The first-order valence-electron chi connectivity index (χ1n) is 4.38. The van der Waals surface area contributed by atoms with E-state index in [0.717, 1.165) is 19.1 Å². The normalized spacial score (nSPS) is 43.9. The molecule has 4 atom stereocenters. The van der Waals surface area contributed by atoms with Crippen molar-refractivity contribution in [3.63, 3.8) is 0 Å². The highest BCUT2D eigenvalue weighted by molar-refractivity contribution is 5.57. The molecule has 0 aromatic carbocycles. The van der Waals surface area contributed by atoms with E-state index in [-0.39, 0.29) is 17.8 Å². The Bertz CT molecular complexity index is 264. The summed E-state index contributed by atoms with van der Waals surface area (Å²) in [5.74, 6) is 0.872. The van der Waals surface area contributed by atoms with E-state index in [9.17, 15) is 4.79 Å². The fourth-order valence-electron chi connectivity index (χ4n) is 2.49. The van der Waals surface area contributed by atoms with Crippen LogP contribution in [0.5, 0.6) is 0 Å². The van der Waals surface area contributed by atoms with Crippen LogP contribution in [0.4, 0.5) is 0 Å². The van der Waals surface area contributed by atoms with Crippen LogP contribution in [0.3, 0.4) is 0 Å². The Morgan fingerprint density at radius 1 is 1.58 bits per heavy atom. The second kappa shape index (κ2) is 2.75. The Balaban J connectivity index is 2.28. The Morgan fingerprint density at radius 3 is 3.00 bits per heavy atom. The zero-order chi connectivity index (χ0) is 8.55. The molecule has 0 amide bonds. The average molecular weight is 161 g/mol. The van der Waals surface area contributed by atoms with E-state index in [4.69, 9.17) is 5.26 Å². The van der Waals surface area contributed by atoms with Crippen LogP contribution in [-0.4, -0.2) is 6.29 Å². The lowest BCUT2D eigenvalue weighted by molar-refractivity contribution is -0.112. The van der Waals surface area contributed by atoms with Crippen LogP contribution in [0.2, 0.25) is 0 Å². The summed E-state index contributed by atoms with van der Waals surface area (Å²) in [6.45, 7) is 0. The molecule has 2 rings (SSSR count). The quantitative estimate of drug-likeness (QED) is 0.432. The van der Waals surface area contributed by atoms with Gasteiger partial charge >= 0.3 is 0 Å². The summed E-state index contributed by atoms with van der Waals surface area (Å²) in [4.78, 5) is 10.7. The average Bonchev–Trinajstić information content (AvgIpc) is 2.30. The Kier molecular flexibility index (Phi) is 1.73. The number of nitrogens with zero attached hydrogens (tertiary/aromatic N) is 1. The molecule has 0 aromatic heterocycles. The van der Waals surface area contributed by atoms with Gasteiger partial charge < -0.3 is 4.79 Å². The maximum atomic E-state index is 10.7. The summed E-state index contributed by atoms with van der Waals surface area (Å²) in [5.41, 5.74) is 0. The third kappa shape index (κ3) is 0.896. The van der Waals surface area contributed by atoms with Gasteiger partial charge in [0.25, 0.3) is 0 Å². The summed E-state index contributed by atoms with van der Waals surface area (Å²) in [6.07, 6.45) is 7.11. The lowest BCUT2D eigenvalue weighted by Gasteiger charge is -2.20. The van der Waals surface area contributed by atoms with Crippen molar-refractivity contribution in [2.24, 2.45) is 23.7 Å². The molecule has 2 aliphatic rings. The van der Waals surface area contributed by atoms with Crippen molar-refractivity contribution in [3.8, 4) is 6.07 Å². The fourth-order valence-corrected chi connectivity index (χ4v) is 2.49. The Labute approximate surface area is 71.9 Å². The van der Waals surface area contributed by atoms with E-state index in [0.29, 0.717) is 5.92 Å². The van der Waals surface area contributed by atoms with Crippen molar-refractivity contribution in [2.45, 2.75) is 12.8 Å². The van der Waals surface area contributed by atoms with Crippen LogP contribution in [0, 0.1) is 35.0 Å². The smallest absolute Gasteiger partial charge is 0.123 e. The van der Waals surface area contributed by atoms with Crippen molar-refractivity contribution in [1.29, 1.82) is 5.26 Å². The molecule has 2 bridgehead atoms. The molecule has 1 saturated carbocycles. The van der Waals surface area contributed by atoms with Gasteiger partial charge in [-0.1, -0.05) is 12.2 Å². The Hall–Kier alpha value is -1.10. The molecule has 0 aromatic rings. The molecule has 0 heterocycles. The van der Waals surface area contributed by atoms with Crippen molar-refractivity contribution in [2.75, 3.05) is 0 Å². The largest absolute Gasteiger partial charge is 0.303 e. The summed E-state index contributed by atoms with van der Waals surface area (Å²) in [7, 11) is 0. The van der Waals surface area contributed by atoms with Gasteiger partial charge in [0.05, 0.1) is 12.0 Å². The molecule has 62 valence electrons. The van der Waals surface area contributed by atoms with Gasteiger partial charge in [0, 0.05) is 11.8 Å². The fraction of sp³-hybridized carbons (Fsp3) is 0.600. The van der Waals surface area contributed by atoms with Crippen LogP contribution in [-0.2, 0) is 4.79 Å². The van der Waals surface area contributed by atoms with E-state index in [1.807, 2.05) is 0 Å². The number of carbonyl (C=O) groups excluding carboxylic acids is 1. The summed E-state index contributed by atoms with van der Waals surface area (Å²) >= 11 is 0. The molecule has 0 N–H and O–H groups in total. The second-order valence-corrected chi connectivity index (χ2v) is 3.69. The third-order valence-electron chi connectivity index (χ3n) is 3.13. The van der Waals surface area contributed by atoms with Crippen LogP contribution < -0.4 is 0 Å². The van der Waals surface area contributed by atoms with E-state index in [1.165, 1.54) is 0 Å². The van der Waals surface area contributed by atoms with Gasteiger partial charge in [-0.05, 0) is 18.8 Å². The van der Waals surface area contributed by atoms with E-state index in [1.54, 1.807) is 0 Å². The van der Waals surface area contributed by atoms with Gasteiger partial charge in [0.15, 0.2) is 0 Å². The number of nitriles is 1. The predicted molar refractivity (Wildman–Crippen MR) is 44.0 cm³/mol. The first-order valence-corrected chi connectivity index (χ1v) is 4.38. The van der Waals surface area contributed by atoms with Gasteiger partial charge in [-0.3, -0.25) is 0 Å². The van der Waals surface area contributed by atoms with E-state index < -0.39 is 0 Å². The third-order valence-corrected chi connectivity index (χ3v) is 3.13. The number of fused-ring (bicyclic) bond motifs is 2. The minimum Gasteiger partial charge on any atom is -0.303 e. The molecular formula is C10H11NO. The minimum absolute atomic E-state index is 0.0870. The minimum atomic E-state index is 0.0870. The molecule has 0 aliphatic heterocycles. The highest BCUT2D eigenvalue weighted by Crippen LogP contribution is 2.45. The zero-order valence-electron chi connectivity index (χ0n) is 6.81. The molecule has 2 heteroatoms. The van der Waals surface area contributed by atoms with Crippen molar-refractivity contribution >= 4 is 6.29 Å². The SMILES string of the molecule is N#CC1CC2CC=CC1C2C=O. The molecule has 0 saturated heterocycles. The lowest BCUT2D eigenvalue weighted by atomic mass is 9.83. The predicted octanol–water partition coefficient (Wildman–Crippen LogP) is 1.54. The summed E-state index contributed by atoms with van der Waals surface area (Å²) in [6, 6.07) is 2.29. The Morgan fingerprint density at radius 2 is 2.42 bits per heavy atom. The molecule has 2 aliphatic carbocycles. The zero-order valence-corrected chi connectivity index (χ0v) is 6.81. The van der Waals surface area contributed by atoms with Crippen molar-refractivity contribution in [1.82, 2.24) is 0 Å². The lowest BCUT2D eigenvalue weighted by Crippen LogP contribution is -2.19. The van der Waals surface area contributed by atoms with Crippen molar-refractivity contribution in [3.05, 3.63) is 12.2 Å². The maximum Gasteiger partial charge on any atom is 0.123 e. The molecular weight excluding hydrogens is 150 g/mol. The second-order valence-electron chi connectivity index (χ2n) is 3.69. The summed E-state index contributed by atoms with van der Waals surface area (Å²) < 4.78 is 0. The van der Waals surface area contributed by atoms with E-state index >= 15 is 0 Å². The molecule has 1 fully saturated rings. The van der Waals surface area contributed by atoms with Crippen molar-refractivity contribution < 1.29 is 4.79 Å². The molecule has 0 spiro atoms. The first-order chi connectivity index (χ1) is 5.86. The molecule has 12 heavy (non-hydrogen) atoms. The molecule has 2 nitrogen and oxygen atoms in total. The summed E-state index contributed by atoms with van der Waals surface area (Å²) in [5, 5.41) is 8.83. The maximum absolute atomic E-state index is 10.7. The van der Waals surface area contributed by atoms with Gasteiger partial charge in [-0.2, -0.15) is 5.26 Å². The topological polar surface area (TPSA) is 40.9 Å². The molecule has 0 radical (unpaired) electrons. The first kappa shape index (κ1) is 7.54. The number of rotatable bonds is 1. The van der Waals surface area contributed by atoms with Gasteiger partial charge in [-0.25, -0.2) is 0 Å². The highest BCUT2D eigenvalue weighted by Gasteiger charge is 2.43. The number of aldehydes is 1. The number of hydrogen-bond donors (Lipinski definition) is 0. The monoisotopic (exact) mass is 161 g/mol. The highest BCUT2D eigenvalue weighted by atomic mass is 16.1. The van der Waals surface area contributed by atoms with Gasteiger partial charge in [-0.15, -0.1) is 0 Å². The molecule has 4 unspecified atom stereocenters. The number of allylic oxidation sites excluding steroid dienone is 2. The van der Waals surface area contributed by atoms with Crippen LogP contribution in [0.15, 0.2) is 12.2 Å². The van der Waals surface area contributed by atoms with Gasteiger partial charge in [0.2, 0.25) is 0 Å². The van der Waals surface area contributed by atoms with Crippen LogP contribution in [0.1, 0.15) is 12.8 Å². The number of hydrogen-bond acceptors (Lipinski definition) is 2. The number of carbonyl (C=O) groups is 1. The van der Waals surface area contributed by atoms with Gasteiger partial charge in [0.1, 0.15) is 6.29 Å². The van der Waals surface area contributed by atoms with E-state index in [2.05, 4.69) is 18.2 Å².